The Kier molecular flexibility index (Phi) is 4.69. The smallest absolute Gasteiger partial charge is 0.169 e. The molecule has 0 unspecified atom stereocenters. The lowest BCUT2D eigenvalue weighted by Gasteiger charge is -2.32. The van der Waals surface area contributed by atoms with Gasteiger partial charge in [-0.15, -0.1) is 6.58 Å². The normalized spacial score (nSPS) is 42.5. The van der Waals surface area contributed by atoms with E-state index in [2.05, 4.69) is 13.5 Å². The van der Waals surface area contributed by atoms with Gasteiger partial charge >= 0.3 is 0 Å². The molecule has 2 aliphatic heterocycles. The second kappa shape index (κ2) is 6.37. The molecule has 3 rings (SSSR count). The third kappa shape index (κ3) is 3.04. The average molecular weight is 296 g/mol. The molecular formula is C17H28O4. The highest BCUT2D eigenvalue weighted by molar-refractivity contribution is 4.96. The Balaban J connectivity index is 1.65. The van der Waals surface area contributed by atoms with Gasteiger partial charge < -0.3 is 18.9 Å². The lowest BCUT2D eigenvalue weighted by atomic mass is 9.94. The zero-order valence-corrected chi connectivity index (χ0v) is 13.3. The van der Waals surface area contributed by atoms with Gasteiger partial charge in [0.05, 0.1) is 24.4 Å². The monoisotopic (exact) mass is 296 g/mol. The fraction of sp³-hybridized carbons (Fsp3) is 0.882. The Hall–Kier alpha value is -0.420. The number of methoxy groups -OCH3 is 1. The SMILES string of the molecule is C=CC[C@@H]1O[C@@H]([C@@H]2OC3(CCCCC3)O[C@@H]2C)C[C@@H]1OC. The van der Waals surface area contributed by atoms with Crippen LogP contribution in [0, 0.1) is 0 Å². The summed E-state index contributed by atoms with van der Waals surface area (Å²) in [5.74, 6) is -0.342. The van der Waals surface area contributed by atoms with Gasteiger partial charge in [-0.1, -0.05) is 12.5 Å². The van der Waals surface area contributed by atoms with E-state index in [0.29, 0.717) is 0 Å². The lowest BCUT2D eigenvalue weighted by molar-refractivity contribution is -0.201. The second-order valence-corrected chi connectivity index (χ2v) is 6.62. The van der Waals surface area contributed by atoms with E-state index in [1.165, 1.54) is 19.3 Å². The van der Waals surface area contributed by atoms with Crippen LogP contribution in [0.5, 0.6) is 0 Å². The molecule has 4 nitrogen and oxygen atoms in total. The number of hydrogen-bond acceptors (Lipinski definition) is 4. The van der Waals surface area contributed by atoms with Crippen molar-refractivity contribution in [2.75, 3.05) is 7.11 Å². The first-order valence-corrected chi connectivity index (χ1v) is 8.32. The average Bonchev–Trinajstić information content (AvgIpc) is 3.02. The maximum Gasteiger partial charge on any atom is 0.169 e. The van der Waals surface area contributed by atoms with Gasteiger partial charge in [-0.05, 0) is 26.2 Å². The molecule has 0 radical (unpaired) electrons. The maximum atomic E-state index is 6.38. The quantitative estimate of drug-likeness (QED) is 0.747. The highest BCUT2D eigenvalue weighted by Gasteiger charge is 2.51. The minimum Gasteiger partial charge on any atom is -0.379 e. The molecule has 0 N–H and O–H groups in total. The van der Waals surface area contributed by atoms with Crippen molar-refractivity contribution in [3.05, 3.63) is 12.7 Å². The van der Waals surface area contributed by atoms with Gasteiger partial charge in [0, 0.05) is 26.4 Å². The Labute approximate surface area is 127 Å². The fourth-order valence-electron chi connectivity index (χ4n) is 4.06. The van der Waals surface area contributed by atoms with E-state index in [1.807, 2.05) is 6.08 Å². The van der Waals surface area contributed by atoms with Crippen molar-refractivity contribution in [2.45, 2.75) is 88.2 Å². The summed E-state index contributed by atoms with van der Waals surface area (Å²) >= 11 is 0. The van der Waals surface area contributed by atoms with E-state index in [9.17, 15) is 0 Å². The van der Waals surface area contributed by atoms with Crippen LogP contribution in [0.4, 0.5) is 0 Å². The molecule has 4 heteroatoms. The molecular weight excluding hydrogens is 268 g/mol. The Bertz CT molecular complexity index is 364. The predicted octanol–water partition coefficient (Wildman–Crippen LogP) is 3.20. The summed E-state index contributed by atoms with van der Waals surface area (Å²) in [6.07, 6.45) is 9.73. The van der Waals surface area contributed by atoms with Gasteiger partial charge in [0.2, 0.25) is 0 Å². The van der Waals surface area contributed by atoms with Crippen LogP contribution in [0.3, 0.4) is 0 Å². The molecule has 120 valence electrons. The molecule has 5 atom stereocenters. The molecule has 3 aliphatic rings. The van der Waals surface area contributed by atoms with Crippen LogP contribution in [-0.4, -0.2) is 43.4 Å². The van der Waals surface area contributed by atoms with Crippen LogP contribution in [0.2, 0.25) is 0 Å². The zero-order chi connectivity index (χ0) is 14.9. The molecule has 1 aliphatic carbocycles. The summed E-state index contributed by atoms with van der Waals surface area (Å²) < 4.78 is 24.4. The van der Waals surface area contributed by atoms with Crippen molar-refractivity contribution < 1.29 is 18.9 Å². The molecule has 1 spiro atoms. The standard InChI is InChI=1S/C17H28O4/c1-4-8-13-14(18-3)11-15(19-13)16-12(2)20-17(21-16)9-6-5-7-10-17/h4,12-16H,1,5-11H2,2-3H3/t12-,13+,14+,15-,16-/m1/s1. The third-order valence-corrected chi connectivity index (χ3v) is 5.13. The number of hydrogen-bond donors (Lipinski definition) is 0. The second-order valence-electron chi connectivity index (χ2n) is 6.62. The molecule has 1 saturated carbocycles. The van der Waals surface area contributed by atoms with Gasteiger partial charge in [0.1, 0.15) is 6.10 Å². The minimum atomic E-state index is -0.342. The van der Waals surface area contributed by atoms with Crippen molar-refractivity contribution in [3.63, 3.8) is 0 Å². The Morgan fingerprint density at radius 1 is 1.24 bits per heavy atom. The molecule has 0 aromatic rings. The summed E-state index contributed by atoms with van der Waals surface area (Å²) in [5, 5.41) is 0. The van der Waals surface area contributed by atoms with E-state index >= 15 is 0 Å². The van der Waals surface area contributed by atoms with Crippen molar-refractivity contribution in [3.8, 4) is 0 Å². The summed E-state index contributed by atoms with van der Waals surface area (Å²) in [6.45, 7) is 5.92. The van der Waals surface area contributed by atoms with Crippen molar-refractivity contribution in [1.29, 1.82) is 0 Å². The van der Waals surface area contributed by atoms with E-state index in [0.717, 1.165) is 25.7 Å². The first-order valence-electron chi connectivity index (χ1n) is 8.32. The molecule has 0 amide bonds. The maximum absolute atomic E-state index is 6.38. The van der Waals surface area contributed by atoms with Crippen molar-refractivity contribution >= 4 is 0 Å². The minimum absolute atomic E-state index is 0.0237. The first kappa shape index (κ1) is 15.5. The van der Waals surface area contributed by atoms with Crippen LogP contribution in [0.25, 0.3) is 0 Å². The summed E-state index contributed by atoms with van der Waals surface area (Å²) in [7, 11) is 1.75. The fourth-order valence-corrected chi connectivity index (χ4v) is 4.06. The van der Waals surface area contributed by atoms with Gasteiger partial charge in [-0.3, -0.25) is 0 Å². The lowest BCUT2D eigenvalue weighted by Crippen LogP contribution is -2.36. The van der Waals surface area contributed by atoms with Crippen molar-refractivity contribution in [1.82, 2.24) is 0 Å². The number of ether oxygens (including phenoxy) is 4. The summed E-state index contributed by atoms with van der Waals surface area (Å²) in [5.41, 5.74) is 0. The highest BCUT2D eigenvalue weighted by Crippen LogP contribution is 2.43. The molecule has 0 aromatic heterocycles. The van der Waals surface area contributed by atoms with Crippen LogP contribution >= 0.6 is 0 Å². The van der Waals surface area contributed by atoms with E-state index in [-0.39, 0.29) is 36.3 Å². The van der Waals surface area contributed by atoms with E-state index in [1.54, 1.807) is 7.11 Å². The van der Waals surface area contributed by atoms with Gasteiger partial charge in [-0.25, -0.2) is 0 Å². The molecule has 2 saturated heterocycles. The first-order chi connectivity index (χ1) is 10.2. The van der Waals surface area contributed by atoms with Crippen LogP contribution in [0.15, 0.2) is 12.7 Å². The summed E-state index contributed by atoms with van der Waals surface area (Å²) in [4.78, 5) is 0. The van der Waals surface area contributed by atoms with Crippen LogP contribution in [0.1, 0.15) is 51.9 Å². The largest absolute Gasteiger partial charge is 0.379 e. The highest BCUT2D eigenvalue weighted by atomic mass is 16.8. The molecule has 3 fully saturated rings. The Morgan fingerprint density at radius 2 is 2.00 bits per heavy atom. The molecule has 21 heavy (non-hydrogen) atoms. The van der Waals surface area contributed by atoms with Gasteiger partial charge in [0.15, 0.2) is 5.79 Å². The summed E-state index contributed by atoms with van der Waals surface area (Å²) in [6, 6.07) is 0. The van der Waals surface area contributed by atoms with Gasteiger partial charge in [-0.2, -0.15) is 0 Å². The number of rotatable bonds is 4. The van der Waals surface area contributed by atoms with Crippen molar-refractivity contribution in [2.24, 2.45) is 0 Å². The zero-order valence-electron chi connectivity index (χ0n) is 13.3. The van der Waals surface area contributed by atoms with E-state index in [4.69, 9.17) is 18.9 Å². The van der Waals surface area contributed by atoms with Crippen LogP contribution < -0.4 is 0 Å². The molecule has 2 heterocycles. The molecule has 0 aromatic carbocycles. The van der Waals surface area contributed by atoms with Crippen LogP contribution in [-0.2, 0) is 18.9 Å². The molecule has 0 bridgehead atoms. The van der Waals surface area contributed by atoms with E-state index < -0.39 is 0 Å². The Morgan fingerprint density at radius 3 is 2.67 bits per heavy atom. The predicted molar refractivity (Wildman–Crippen MR) is 80.1 cm³/mol. The topological polar surface area (TPSA) is 36.9 Å². The van der Waals surface area contributed by atoms with Gasteiger partial charge in [0.25, 0.3) is 0 Å². The third-order valence-electron chi connectivity index (χ3n) is 5.13.